The van der Waals surface area contributed by atoms with Crippen molar-refractivity contribution < 1.29 is 9.67 Å². The van der Waals surface area contributed by atoms with E-state index in [0.29, 0.717) is 12.1 Å². The Labute approximate surface area is 141 Å². The van der Waals surface area contributed by atoms with E-state index in [9.17, 15) is 4.57 Å². The van der Waals surface area contributed by atoms with Gasteiger partial charge in [0.1, 0.15) is 6.66 Å². The number of aliphatic hydroxyl groups is 1. The molecule has 6 nitrogen and oxygen atoms in total. The van der Waals surface area contributed by atoms with Crippen molar-refractivity contribution in [3.63, 3.8) is 0 Å². The smallest absolute Gasteiger partial charge is 0.340 e. The Bertz CT molecular complexity index is 878. The molecule has 0 aliphatic rings. The first-order chi connectivity index (χ1) is 11.6. The van der Waals surface area contributed by atoms with Crippen LogP contribution in [0.2, 0.25) is 0 Å². The largest absolute Gasteiger partial charge is 0.394 e. The summed E-state index contributed by atoms with van der Waals surface area (Å²) in [5, 5.41) is 13.2. The number of hydrogen-bond acceptors (Lipinski definition) is 5. The van der Waals surface area contributed by atoms with Crippen LogP contribution in [-0.2, 0) is 10.7 Å². The predicted molar refractivity (Wildman–Crippen MR) is 96.7 cm³/mol. The molecule has 24 heavy (non-hydrogen) atoms. The van der Waals surface area contributed by atoms with Crippen molar-refractivity contribution >= 4 is 24.7 Å². The van der Waals surface area contributed by atoms with E-state index in [-0.39, 0.29) is 12.6 Å². The van der Waals surface area contributed by atoms with Gasteiger partial charge in [-0.25, -0.2) is 9.97 Å². The first kappa shape index (κ1) is 16.6. The van der Waals surface area contributed by atoms with Gasteiger partial charge < -0.3 is 15.4 Å². The molecule has 2 unspecified atom stereocenters. The van der Waals surface area contributed by atoms with Crippen molar-refractivity contribution in [3.8, 4) is 11.4 Å². The molecule has 0 fully saturated rings. The van der Waals surface area contributed by atoms with Crippen molar-refractivity contribution in [2.45, 2.75) is 19.1 Å². The van der Waals surface area contributed by atoms with Crippen molar-refractivity contribution in [1.29, 1.82) is 0 Å². The van der Waals surface area contributed by atoms with Crippen LogP contribution in [0.25, 0.3) is 22.3 Å². The Kier molecular flexibility index (Phi) is 4.88. The van der Waals surface area contributed by atoms with Gasteiger partial charge in [0.2, 0.25) is 5.95 Å². The summed E-state index contributed by atoms with van der Waals surface area (Å²) < 4.78 is 11.6. The lowest BCUT2D eigenvalue weighted by Crippen LogP contribution is -2.20. The van der Waals surface area contributed by atoms with Crippen molar-refractivity contribution in [2.75, 3.05) is 18.6 Å². The highest BCUT2D eigenvalue weighted by Gasteiger charge is 2.14. The number of fused-ring (bicyclic) bond motifs is 1. The highest BCUT2D eigenvalue weighted by molar-refractivity contribution is 7.42. The Morgan fingerprint density at radius 3 is 2.96 bits per heavy atom. The Morgan fingerprint density at radius 2 is 2.21 bits per heavy atom. The molecule has 7 heteroatoms. The summed E-state index contributed by atoms with van der Waals surface area (Å²) in [5.41, 5.74) is 3.68. The number of nitrogens with zero attached hydrogens (tertiary/aromatic N) is 2. The summed E-state index contributed by atoms with van der Waals surface area (Å²) in [4.78, 5) is 12.1. The average molecular weight is 343 g/mol. The van der Waals surface area contributed by atoms with Crippen molar-refractivity contribution in [1.82, 2.24) is 15.0 Å². The number of benzene rings is 1. The van der Waals surface area contributed by atoms with Gasteiger partial charge in [-0.2, -0.15) is 0 Å². The van der Waals surface area contributed by atoms with E-state index in [1.165, 1.54) is 0 Å². The zero-order chi connectivity index (χ0) is 17.1. The Hall–Kier alpha value is -2.30. The molecule has 0 spiro atoms. The molecule has 3 aromatic rings. The minimum atomic E-state index is -1.24. The number of hydrogen-bond donors (Lipinski definition) is 3. The van der Waals surface area contributed by atoms with Crippen molar-refractivity contribution in [2.24, 2.45) is 0 Å². The molecule has 2 heterocycles. The van der Waals surface area contributed by atoms with E-state index in [2.05, 4.69) is 20.3 Å². The van der Waals surface area contributed by atoms with Crippen LogP contribution < -0.4 is 5.32 Å². The zero-order valence-corrected chi connectivity index (χ0v) is 14.5. The van der Waals surface area contributed by atoms with Gasteiger partial charge in [0.25, 0.3) is 0 Å². The molecular weight excluding hydrogens is 323 g/mol. The molecule has 0 radical (unpaired) electrons. The zero-order valence-electron chi connectivity index (χ0n) is 13.7. The molecule has 0 saturated carbocycles. The molecule has 0 amide bonds. The van der Waals surface area contributed by atoms with Crippen LogP contribution in [0.4, 0.5) is 5.95 Å². The second-order valence-corrected chi connectivity index (χ2v) is 7.42. The summed E-state index contributed by atoms with van der Waals surface area (Å²) in [6.07, 6.45) is 2.24. The van der Waals surface area contributed by atoms with Gasteiger partial charge in [-0.3, -0.25) is 0 Å². The third-order valence-corrected chi connectivity index (χ3v) is 4.50. The number of H-pyrrole nitrogens is 1. The van der Waals surface area contributed by atoms with E-state index in [4.69, 9.17) is 5.11 Å². The minimum absolute atomic E-state index is 0.0124. The number of para-hydroxylation sites is 1. The number of nitrogens with one attached hydrogen (secondary N) is 2. The van der Waals surface area contributed by atoms with Crippen LogP contribution in [0, 0.1) is 0 Å². The number of rotatable bonds is 6. The Balaban J connectivity index is 1.98. The molecule has 2 aromatic heterocycles. The molecule has 0 saturated heterocycles. The molecule has 3 N–H and O–H groups in total. The number of aliphatic hydroxyl groups excluding tert-OH is 1. The fraction of sp³-hybridized carbons (Fsp3) is 0.294. The molecule has 1 aromatic carbocycles. The maximum atomic E-state index is 11.6. The van der Waals surface area contributed by atoms with Gasteiger partial charge in [0.05, 0.1) is 23.5 Å². The van der Waals surface area contributed by atoms with Gasteiger partial charge in [0.15, 0.2) is 6.16 Å². The highest BCUT2D eigenvalue weighted by atomic mass is 31.1. The summed E-state index contributed by atoms with van der Waals surface area (Å²) in [6, 6.07) is 9.74. The minimum Gasteiger partial charge on any atom is -0.394 e. The van der Waals surface area contributed by atoms with Gasteiger partial charge in [-0.15, -0.1) is 0 Å². The summed E-state index contributed by atoms with van der Waals surface area (Å²) >= 11 is 0. The van der Waals surface area contributed by atoms with Crippen LogP contribution in [0.1, 0.15) is 12.5 Å². The molecule has 124 valence electrons. The van der Waals surface area contributed by atoms with Gasteiger partial charge in [0, 0.05) is 23.2 Å². The van der Waals surface area contributed by atoms with Crippen LogP contribution >= 0.6 is 7.80 Å². The molecule has 3 rings (SSSR count). The SMILES string of the molecule is CC(CO)Nc1nccc(-c2cc3cccc(C[P+](C)=O)c3[nH]2)n1. The first-order valence-corrected chi connectivity index (χ1v) is 9.65. The molecule has 0 bridgehead atoms. The fourth-order valence-electron chi connectivity index (χ4n) is 2.57. The van der Waals surface area contributed by atoms with Gasteiger partial charge >= 0.3 is 7.80 Å². The van der Waals surface area contributed by atoms with E-state index in [0.717, 1.165) is 27.9 Å². The van der Waals surface area contributed by atoms with Crippen LogP contribution in [0.5, 0.6) is 0 Å². The van der Waals surface area contributed by atoms with Gasteiger partial charge in [-0.1, -0.05) is 22.8 Å². The third-order valence-electron chi connectivity index (χ3n) is 3.72. The number of aromatic nitrogens is 3. The second kappa shape index (κ2) is 7.07. The molecular formula is C17H20N4O2P+. The molecule has 2 atom stereocenters. The monoisotopic (exact) mass is 343 g/mol. The quantitative estimate of drug-likeness (QED) is 0.597. The lowest BCUT2D eigenvalue weighted by atomic mass is 10.1. The van der Waals surface area contributed by atoms with E-state index in [1.54, 1.807) is 12.9 Å². The average Bonchev–Trinajstić information content (AvgIpc) is 3.00. The van der Waals surface area contributed by atoms with Gasteiger partial charge in [-0.05, 0) is 19.1 Å². The Morgan fingerprint density at radius 1 is 1.38 bits per heavy atom. The van der Waals surface area contributed by atoms with E-state index < -0.39 is 7.80 Å². The summed E-state index contributed by atoms with van der Waals surface area (Å²) in [6.45, 7) is 3.61. The second-order valence-electron chi connectivity index (χ2n) is 5.84. The number of aromatic amines is 1. The lowest BCUT2D eigenvalue weighted by Gasteiger charge is -2.10. The van der Waals surface area contributed by atoms with E-state index >= 15 is 0 Å². The highest BCUT2D eigenvalue weighted by Crippen LogP contribution is 2.30. The van der Waals surface area contributed by atoms with Crippen LogP contribution in [0.15, 0.2) is 36.5 Å². The third kappa shape index (κ3) is 3.61. The maximum Gasteiger partial charge on any atom is 0.340 e. The standard InChI is InChI=1S/C17H20N4O2P/c1-11(9-22)19-17-18-7-6-14(21-17)15-8-12-4-3-5-13(10-24(2)23)16(12)20-15/h3-8,11,20,22H,9-10H2,1-2H3,(H,18,19,21)/q+1. The molecule has 0 aliphatic heterocycles. The summed E-state index contributed by atoms with van der Waals surface area (Å²) in [7, 11) is -1.24. The predicted octanol–water partition coefficient (Wildman–Crippen LogP) is 3.37. The normalized spacial score (nSPS) is 13.0. The van der Waals surface area contributed by atoms with Crippen LogP contribution in [-0.4, -0.2) is 39.4 Å². The fourth-order valence-corrected chi connectivity index (χ4v) is 3.32. The lowest BCUT2D eigenvalue weighted by molar-refractivity contribution is 0.281. The number of anilines is 1. The van der Waals surface area contributed by atoms with E-state index in [1.807, 2.05) is 37.3 Å². The molecule has 0 aliphatic carbocycles. The maximum absolute atomic E-state index is 11.6. The topological polar surface area (TPSA) is 90.9 Å². The van der Waals surface area contributed by atoms with Crippen LogP contribution in [0.3, 0.4) is 0 Å². The summed E-state index contributed by atoms with van der Waals surface area (Å²) in [5.74, 6) is 0.476. The van der Waals surface area contributed by atoms with Crippen molar-refractivity contribution in [3.05, 3.63) is 42.1 Å². The first-order valence-electron chi connectivity index (χ1n) is 7.76.